The fourth-order valence-corrected chi connectivity index (χ4v) is 11.1. The highest BCUT2D eigenvalue weighted by molar-refractivity contribution is 7.26. The van der Waals surface area contributed by atoms with E-state index in [1.807, 2.05) is 28.9 Å². The van der Waals surface area contributed by atoms with Gasteiger partial charge in [0.05, 0.1) is 22.9 Å². The van der Waals surface area contributed by atoms with Gasteiger partial charge in [-0.1, -0.05) is 146 Å². The van der Waals surface area contributed by atoms with Crippen LogP contribution in [0.3, 0.4) is 0 Å². The highest BCUT2D eigenvalue weighted by Gasteiger charge is 2.16. The fourth-order valence-electron chi connectivity index (χ4n) is 8.65. The number of aromatic nitrogens is 2. The van der Waals surface area contributed by atoms with Crippen molar-refractivity contribution >= 4 is 95.6 Å². The minimum Gasteiger partial charge on any atom is -0.252 e. The van der Waals surface area contributed by atoms with Gasteiger partial charge in [0.2, 0.25) is 0 Å². The topological polar surface area (TPSA) is 25.8 Å². The Morgan fingerprint density at radius 3 is 1.50 bits per heavy atom. The Labute approximate surface area is 330 Å². The minimum absolute atomic E-state index is 0.867. The van der Waals surface area contributed by atoms with E-state index in [4.69, 9.17) is 9.97 Å². The molecule has 0 bridgehead atoms. The van der Waals surface area contributed by atoms with Crippen LogP contribution in [-0.4, -0.2) is 9.97 Å². The quantitative estimate of drug-likeness (QED) is 0.168. The molecule has 9 aromatic carbocycles. The molecule has 0 radical (unpaired) electrons. The second kappa shape index (κ2) is 12.4. The van der Waals surface area contributed by atoms with E-state index in [-0.39, 0.29) is 0 Å². The molecule has 0 spiro atoms. The standard InChI is InChI=1S/C52H30N2S2/c1-2-18-41-38(15-1)45-29-32(31-11-7-12-33(27-31)36-19-9-21-43-39-16-3-5-23-47(39)55-51(36)43)25-26-42(45)50-49(41)53-30-46(54-50)35-14-8-13-34(28-35)37-20-10-22-44-40-17-4-6-24-48(40)56-52(37)44/h1-30H. The predicted octanol–water partition coefficient (Wildman–Crippen LogP) is 15.3. The number of benzene rings is 9. The van der Waals surface area contributed by atoms with Crippen molar-refractivity contribution in [2.24, 2.45) is 0 Å². The summed E-state index contributed by atoms with van der Waals surface area (Å²) in [5, 5.41) is 9.84. The molecule has 3 aromatic heterocycles. The van der Waals surface area contributed by atoms with Gasteiger partial charge >= 0.3 is 0 Å². The Kier molecular flexibility index (Phi) is 7.00. The van der Waals surface area contributed by atoms with Crippen LogP contribution in [0.2, 0.25) is 0 Å². The van der Waals surface area contributed by atoms with Gasteiger partial charge in [0, 0.05) is 56.7 Å². The first-order valence-electron chi connectivity index (χ1n) is 18.9. The molecule has 0 N–H and O–H groups in total. The molecule has 0 atom stereocenters. The van der Waals surface area contributed by atoms with Gasteiger partial charge in [0.1, 0.15) is 0 Å². The molecule has 12 aromatic rings. The lowest BCUT2D eigenvalue weighted by Crippen LogP contribution is -1.93. The Morgan fingerprint density at radius 1 is 0.321 bits per heavy atom. The molecular weight excluding hydrogens is 717 g/mol. The maximum Gasteiger partial charge on any atom is 0.0979 e. The summed E-state index contributed by atoms with van der Waals surface area (Å²) >= 11 is 3.74. The molecule has 4 heteroatoms. The van der Waals surface area contributed by atoms with Gasteiger partial charge < -0.3 is 0 Å². The van der Waals surface area contributed by atoms with Crippen molar-refractivity contribution in [2.45, 2.75) is 0 Å². The van der Waals surface area contributed by atoms with E-state index < -0.39 is 0 Å². The SMILES string of the molecule is c1cc(-c2ccc3c(c2)c2ccccc2c2ncc(-c4cccc(-c5cccc6c5sc5ccccc56)c4)nc32)cc(-c2cccc3c2sc2ccccc23)c1. The summed E-state index contributed by atoms with van der Waals surface area (Å²) in [6.45, 7) is 0. The van der Waals surface area contributed by atoms with Crippen LogP contribution >= 0.6 is 22.7 Å². The van der Waals surface area contributed by atoms with E-state index in [0.29, 0.717) is 0 Å². The van der Waals surface area contributed by atoms with Crippen LogP contribution in [0.15, 0.2) is 182 Å². The minimum atomic E-state index is 0.867. The number of hydrogen-bond acceptors (Lipinski definition) is 4. The molecular formula is C52H30N2S2. The molecule has 0 aliphatic heterocycles. The van der Waals surface area contributed by atoms with Crippen molar-refractivity contribution in [1.29, 1.82) is 0 Å². The van der Waals surface area contributed by atoms with Crippen LogP contribution in [0.4, 0.5) is 0 Å². The molecule has 3 heterocycles. The lowest BCUT2D eigenvalue weighted by atomic mass is 9.94. The number of rotatable bonds is 4. The molecule has 0 aliphatic rings. The van der Waals surface area contributed by atoms with Gasteiger partial charge in [-0.2, -0.15) is 0 Å². The molecule has 260 valence electrons. The van der Waals surface area contributed by atoms with E-state index in [0.717, 1.165) is 33.1 Å². The van der Waals surface area contributed by atoms with E-state index in [9.17, 15) is 0 Å². The van der Waals surface area contributed by atoms with Crippen molar-refractivity contribution in [1.82, 2.24) is 9.97 Å². The third-order valence-corrected chi connectivity index (χ3v) is 13.7. The Balaban J connectivity index is 0.990. The van der Waals surface area contributed by atoms with Crippen LogP contribution in [0.5, 0.6) is 0 Å². The Bertz CT molecular complexity index is 3360. The summed E-state index contributed by atoms with van der Waals surface area (Å²) < 4.78 is 5.28. The third-order valence-electron chi connectivity index (χ3n) is 11.3. The first-order chi connectivity index (χ1) is 27.7. The maximum absolute atomic E-state index is 5.40. The maximum atomic E-state index is 5.40. The van der Waals surface area contributed by atoms with Crippen molar-refractivity contribution < 1.29 is 0 Å². The van der Waals surface area contributed by atoms with Gasteiger partial charge in [-0.15, -0.1) is 22.7 Å². The van der Waals surface area contributed by atoms with Gasteiger partial charge in [-0.05, 0) is 74.5 Å². The zero-order valence-electron chi connectivity index (χ0n) is 30.0. The molecule has 0 unspecified atom stereocenters. The normalized spacial score (nSPS) is 11.9. The largest absolute Gasteiger partial charge is 0.252 e. The lowest BCUT2D eigenvalue weighted by molar-refractivity contribution is 1.31. The smallest absolute Gasteiger partial charge is 0.0979 e. The van der Waals surface area contributed by atoms with Crippen LogP contribution in [0, 0.1) is 0 Å². The molecule has 56 heavy (non-hydrogen) atoms. The average Bonchev–Trinajstić information content (AvgIpc) is 3.85. The lowest BCUT2D eigenvalue weighted by Gasteiger charge is -2.13. The summed E-state index contributed by atoms with van der Waals surface area (Å²) in [4.78, 5) is 10.5. The summed E-state index contributed by atoms with van der Waals surface area (Å²) in [5.41, 5.74) is 11.1. The number of nitrogens with zero attached hydrogens (tertiary/aromatic N) is 2. The molecule has 12 rings (SSSR count). The highest BCUT2D eigenvalue weighted by atomic mass is 32.1. The number of thiophene rings is 2. The summed E-state index contributed by atoms with van der Waals surface area (Å²) in [7, 11) is 0. The van der Waals surface area contributed by atoms with Crippen LogP contribution < -0.4 is 0 Å². The van der Waals surface area contributed by atoms with Crippen LogP contribution in [0.1, 0.15) is 0 Å². The van der Waals surface area contributed by atoms with Gasteiger partial charge in [0.25, 0.3) is 0 Å². The molecule has 0 fully saturated rings. The second-order valence-electron chi connectivity index (χ2n) is 14.5. The molecule has 0 amide bonds. The monoisotopic (exact) mass is 746 g/mol. The van der Waals surface area contributed by atoms with E-state index >= 15 is 0 Å². The van der Waals surface area contributed by atoms with E-state index in [1.54, 1.807) is 0 Å². The third kappa shape index (κ3) is 4.86. The Morgan fingerprint density at radius 2 is 0.821 bits per heavy atom. The van der Waals surface area contributed by atoms with Crippen molar-refractivity contribution in [3.05, 3.63) is 182 Å². The van der Waals surface area contributed by atoms with Crippen molar-refractivity contribution in [3.63, 3.8) is 0 Å². The summed E-state index contributed by atoms with van der Waals surface area (Å²) in [6.07, 6.45) is 1.94. The average molecular weight is 747 g/mol. The summed E-state index contributed by atoms with van der Waals surface area (Å²) in [6, 6.07) is 64.0. The first-order valence-corrected chi connectivity index (χ1v) is 20.5. The molecule has 0 aliphatic carbocycles. The van der Waals surface area contributed by atoms with E-state index in [1.165, 1.54) is 84.5 Å². The molecule has 2 nitrogen and oxygen atoms in total. The molecule has 0 saturated carbocycles. The number of hydrogen-bond donors (Lipinski definition) is 0. The Hall–Kier alpha value is -6.72. The van der Waals surface area contributed by atoms with E-state index in [2.05, 4.69) is 176 Å². The molecule has 0 saturated heterocycles. The highest BCUT2D eigenvalue weighted by Crippen LogP contribution is 2.43. The van der Waals surface area contributed by atoms with Crippen LogP contribution in [-0.2, 0) is 0 Å². The zero-order chi connectivity index (χ0) is 36.7. The second-order valence-corrected chi connectivity index (χ2v) is 16.6. The van der Waals surface area contributed by atoms with Gasteiger partial charge in [0.15, 0.2) is 0 Å². The first kappa shape index (κ1) is 31.6. The van der Waals surface area contributed by atoms with Crippen molar-refractivity contribution in [3.8, 4) is 44.6 Å². The predicted molar refractivity (Wildman–Crippen MR) is 242 cm³/mol. The number of fused-ring (bicyclic) bond motifs is 12. The van der Waals surface area contributed by atoms with Gasteiger partial charge in [-0.25, -0.2) is 4.98 Å². The van der Waals surface area contributed by atoms with Gasteiger partial charge in [-0.3, -0.25) is 4.98 Å². The van der Waals surface area contributed by atoms with Crippen molar-refractivity contribution in [2.75, 3.05) is 0 Å². The van der Waals surface area contributed by atoms with Crippen LogP contribution in [0.25, 0.3) is 118 Å². The fraction of sp³-hybridized carbons (Fsp3) is 0. The zero-order valence-corrected chi connectivity index (χ0v) is 31.7. The summed E-state index contributed by atoms with van der Waals surface area (Å²) in [5.74, 6) is 0.